The van der Waals surface area contributed by atoms with Crippen molar-refractivity contribution in [2.75, 3.05) is 0 Å². The maximum absolute atomic E-state index is 13.7. The first-order chi connectivity index (χ1) is 8.47. The van der Waals surface area contributed by atoms with E-state index in [0.29, 0.717) is 10.0 Å². The zero-order valence-corrected chi connectivity index (χ0v) is 12.7. The van der Waals surface area contributed by atoms with Gasteiger partial charge in [0.05, 0.1) is 5.56 Å². The number of halogens is 3. The Kier molecular flexibility index (Phi) is 3.97. The van der Waals surface area contributed by atoms with E-state index in [9.17, 15) is 9.18 Å². The lowest BCUT2D eigenvalue weighted by molar-refractivity contribution is 0.103. The minimum Gasteiger partial charge on any atom is -0.288 e. The fraction of sp³-hybridized carbons (Fsp3) is 0.0714. The fourth-order valence-electron chi connectivity index (χ4n) is 1.69. The SMILES string of the molecule is Cc1cc(Br)cc(C(=O)c2cc(Br)ccc2F)c1. The fourth-order valence-corrected chi connectivity index (χ4v) is 2.66. The summed E-state index contributed by atoms with van der Waals surface area (Å²) in [6.07, 6.45) is 0. The second-order valence-electron chi connectivity index (χ2n) is 3.97. The summed E-state index contributed by atoms with van der Waals surface area (Å²) in [6, 6.07) is 9.67. The molecule has 2 aromatic rings. The molecule has 4 heteroatoms. The number of aryl methyl sites for hydroxylation is 1. The van der Waals surface area contributed by atoms with Crippen molar-refractivity contribution in [1.29, 1.82) is 0 Å². The Morgan fingerprint density at radius 3 is 2.44 bits per heavy atom. The molecule has 92 valence electrons. The zero-order valence-electron chi connectivity index (χ0n) is 9.51. The predicted molar refractivity (Wildman–Crippen MR) is 76.4 cm³/mol. The number of ketones is 1. The maximum Gasteiger partial charge on any atom is 0.196 e. The van der Waals surface area contributed by atoms with Crippen LogP contribution < -0.4 is 0 Å². The average molecular weight is 372 g/mol. The first kappa shape index (κ1) is 13.4. The molecule has 1 nitrogen and oxygen atoms in total. The molecule has 0 saturated heterocycles. The topological polar surface area (TPSA) is 17.1 Å². The van der Waals surface area contributed by atoms with Crippen molar-refractivity contribution < 1.29 is 9.18 Å². The van der Waals surface area contributed by atoms with Gasteiger partial charge in [-0.2, -0.15) is 0 Å². The van der Waals surface area contributed by atoms with Gasteiger partial charge in [-0.15, -0.1) is 0 Å². The van der Waals surface area contributed by atoms with E-state index < -0.39 is 5.82 Å². The lowest BCUT2D eigenvalue weighted by Crippen LogP contribution is -2.04. The van der Waals surface area contributed by atoms with E-state index in [4.69, 9.17) is 0 Å². The van der Waals surface area contributed by atoms with Crippen LogP contribution in [-0.4, -0.2) is 5.78 Å². The molecule has 0 N–H and O–H groups in total. The Bertz CT molecular complexity index is 603. The highest BCUT2D eigenvalue weighted by Gasteiger charge is 2.15. The third-order valence-electron chi connectivity index (χ3n) is 2.48. The van der Waals surface area contributed by atoms with Crippen LogP contribution in [0.5, 0.6) is 0 Å². The van der Waals surface area contributed by atoms with E-state index in [1.807, 2.05) is 13.0 Å². The Morgan fingerprint density at radius 1 is 1.06 bits per heavy atom. The molecule has 0 unspecified atom stereocenters. The van der Waals surface area contributed by atoms with Crippen molar-refractivity contribution in [2.24, 2.45) is 0 Å². The quantitative estimate of drug-likeness (QED) is 0.687. The van der Waals surface area contributed by atoms with Crippen LogP contribution in [0.4, 0.5) is 4.39 Å². The Hall–Kier alpha value is -1.00. The van der Waals surface area contributed by atoms with Crippen LogP contribution >= 0.6 is 31.9 Å². The minimum atomic E-state index is -0.513. The largest absolute Gasteiger partial charge is 0.288 e. The van der Waals surface area contributed by atoms with Gasteiger partial charge in [0.2, 0.25) is 0 Å². The molecule has 2 aromatic carbocycles. The van der Waals surface area contributed by atoms with Crippen molar-refractivity contribution in [3.8, 4) is 0 Å². The zero-order chi connectivity index (χ0) is 13.3. The number of rotatable bonds is 2. The van der Waals surface area contributed by atoms with Crippen LogP contribution in [0, 0.1) is 12.7 Å². The van der Waals surface area contributed by atoms with Crippen LogP contribution in [0.25, 0.3) is 0 Å². The number of hydrogen-bond donors (Lipinski definition) is 0. The van der Waals surface area contributed by atoms with Gasteiger partial charge >= 0.3 is 0 Å². The van der Waals surface area contributed by atoms with Gasteiger partial charge in [0.15, 0.2) is 5.78 Å². The van der Waals surface area contributed by atoms with E-state index >= 15 is 0 Å². The van der Waals surface area contributed by atoms with Gasteiger partial charge in [-0.1, -0.05) is 31.9 Å². The van der Waals surface area contributed by atoms with Gasteiger partial charge in [-0.05, 0) is 48.9 Å². The molecular weight excluding hydrogens is 363 g/mol. The average Bonchev–Trinajstić information content (AvgIpc) is 2.30. The van der Waals surface area contributed by atoms with E-state index in [-0.39, 0.29) is 11.3 Å². The summed E-state index contributed by atoms with van der Waals surface area (Å²) in [7, 11) is 0. The molecule has 0 fully saturated rings. The molecule has 0 bridgehead atoms. The highest BCUT2D eigenvalue weighted by Crippen LogP contribution is 2.22. The lowest BCUT2D eigenvalue weighted by Gasteiger charge is -2.05. The molecule has 0 spiro atoms. The second-order valence-corrected chi connectivity index (χ2v) is 5.80. The molecule has 0 saturated carbocycles. The van der Waals surface area contributed by atoms with Crippen molar-refractivity contribution in [3.05, 3.63) is 67.9 Å². The number of hydrogen-bond acceptors (Lipinski definition) is 1. The van der Waals surface area contributed by atoms with Crippen molar-refractivity contribution >= 4 is 37.6 Å². The molecule has 2 rings (SSSR count). The number of carbonyl (C=O) groups excluding carboxylic acids is 1. The molecule has 0 aromatic heterocycles. The molecule has 0 amide bonds. The highest BCUT2D eigenvalue weighted by atomic mass is 79.9. The van der Waals surface area contributed by atoms with E-state index in [0.717, 1.165) is 10.0 Å². The summed E-state index contributed by atoms with van der Waals surface area (Å²) in [5.41, 5.74) is 1.49. The van der Waals surface area contributed by atoms with Crippen LogP contribution in [-0.2, 0) is 0 Å². The summed E-state index contributed by atoms with van der Waals surface area (Å²) in [5.74, 6) is -0.834. The van der Waals surface area contributed by atoms with Gasteiger partial charge in [-0.3, -0.25) is 4.79 Å². The Morgan fingerprint density at radius 2 is 1.78 bits per heavy atom. The van der Waals surface area contributed by atoms with Crippen LogP contribution in [0.2, 0.25) is 0 Å². The maximum atomic E-state index is 13.7. The van der Waals surface area contributed by atoms with E-state index in [1.165, 1.54) is 12.1 Å². The third kappa shape index (κ3) is 2.87. The standard InChI is InChI=1S/C14H9Br2FO/c1-8-4-9(6-11(16)5-8)14(18)12-7-10(15)2-3-13(12)17/h2-7H,1H3. The van der Waals surface area contributed by atoms with Crippen LogP contribution in [0.3, 0.4) is 0 Å². The first-order valence-electron chi connectivity index (χ1n) is 5.24. The molecule has 0 radical (unpaired) electrons. The molecule has 18 heavy (non-hydrogen) atoms. The third-order valence-corrected chi connectivity index (χ3v) is 3.43. The molecule has 0 heterocycles. The summed E-state index contributed by atoms with van der Waals surface area (Å²) < 4.78 is 15.1. The van der Waals surface area contributed by atoms with Crippen LogP contribution in [0.15, 0.2) is 45.3 Å². The predicted octanol–water partition coefficient (Wildman–Crippen LogP) is 4.89. The minimum absolute atomic E-state index is 0.0712. The van der Waals surface area contributed by atoms with Gasteiger partial charge in [0.1, 0.15) is 5.82 Å². The monoisotopic (exact) mass is 370 g/mol. The summed E-state index contributed by atoms with van der Waals surface area (Å²) in [4.78, 5) is 12.2. The summed E-state index contributed by atoms with van der Waals surface area (Å²) >= 11 is 6.57. The van der Waals surface area contributed by atoms with Crippen molar-refractivity contribution in [3.63, 3.8) is 0 Å². The summed E-state index contributed by atoms with van der Waals surface area (Å²) in [5, 5.41) is 0. The van der Waals surface area contributed by atoms with Crippen molar-refractivity contribution in [2.45, 2.75) is 6.92 Å². The first-order valence-corrected chi connectivity index (χ1v) is 6.83. The Balaban J connectivity index is 2.51. The van der Waals surface area contributed by atoms with Gasteiger partial charge in [0, 0.05) is 14.5 Å². The Labute approximate surface area is 121 Å². The lowest BCUT2D eigenvalue weighted by atomic mass is 10.0. The molecule has 0 aliphatic heterocycles. The summed E-state index contributed by atoms with van der Waals surface area (Å²) in [6.45, 7) is 1.89. The number of carbonyl (C=O) groups is 1. The molecule has 0 atom stereocenters. The van der Waals surface area contributed by atoms with Crippen molar-refractivity contribution in [1.82, 2.24) is 0 Å². The van der Waals surface area contributed by atoms with Gasteiger partial charge in [-0.25, -0.2) is 4.39 Å². The van der Waals surface area contributed by atoms with Gasteiger partial charge < -0.3 is 0 Å². The molecular formula is C14H9Br2FO. The second kappa shape index (κ2) is 5.33. The van der Waals surface area contributed by atoms with Gasteiger partial charge in [0.25, 0.3) is 0 Å². The normalized spacial score (nSPS) is 10.4. The van der Waals surface area contributed by atoms with E-state index in [2.05, 4.69) is 31.9 Å². The smallest absolute Gasteiger partial charge is 0.196 e. The van der Waals surface area contributed by atoms with E-state index in [1.54, 1.807) is 18.2 Å². The molecule has 0 aliphatic rings. The highest BCUT2D eigenvalue weighted by molar-refractivity contribution is 9.10. The van der Waals surface area contributed by atoms with Crippen LogP contribution in [0.1, 0.15) is 21.5 Å². The number of benzene rings is 2. The molecule has 0 aliphatic carbocycles.